The van der Waals surface area contributed by atoms with Gasteiger partial charge >= 0.3 is 0 Å². The molecule has 0 heterocycles. The van der Waals surface area contributed by atoms with Gasteiger partial charge in [-0.2, -0.15) is 0 Å². The van der Waals surface area contributed by atoms with Crippen molar-refractivity contribution >= 4 is 15.1 Å². The number of carbonyl (C=O) groups excluding carboxylic acids is 1. The van der Waals surface area contributed by atoms with Crippen molar-refractivity contribution in [2.24, 2.45) is 11.7 Å². The highest BCUT2D eigenvalue weighted by Gasteiger charge is 2.22. The van der Waals surface area contributed by atoms with Crippen LogP contribution in [0.3, 0.4) is 0 Å². The van der Waals surface area contributed by atoms with Crippen molar-refractivity contribution in [2.75, 3.05) is 0 Å². The molecule has 0 saturated heterocycles. The lowest BCUT2D eigenvalue weighted by atomic mass is 9.88. The zero-order chi connectivity index (χ0) is 15.7. The summed E-state index contributed by atoms with van der Waals surface area (Å²) in [6, 6.07) is 0. The fourth-order valence-corrected chi connectivity index (χ4v) is 2.90. The molecule has 0 bridgehead atoms. The second-order valence-corrected chi connectivity index (χ2v) is 5.76. The lowest BCUT2D eigenvalue weighted by molar-refractivity contribution is -0.120. The second-order valence-electron chi connectivity index (χ2n) is 5.13. The quantitative estimate of drug-likeness (QED) is 0.549. The van der Waals surface area contributed by atoms with Crippen LogP contribution in [-0.2, 0) is 4.79 Å². The highest BCUT2D eigenvalue weighted by molar-refractivity contribution is 7.23. The third kappa shape index (κ3) is 5.85. The zero-order valence-corrected chi connectivity index (χ0v) is 14.2. The molecule has 1 rings (SSSR count). The van der Waals surface area contributed by atoms with E-state index < -0.39 is 0 Å². The molecule has 0 spiro atoms. The SMILES string of the molecule is C\C=C/C=C(\C(P)=C/CC)[C@H](CC1=CCCC=C1)C(N)=O. The van der Waals surface area contributed by atoms with Crippen LogP contribution in [0.2, 0.25) is 0 Å². The molecule has 0 saturated carbocycles. The maximum Gasteiger partial charge on any atom is 0.225 e. The molecule has 3 heteroatoms. The molecule has 0 aromatic rings. The van der Waals surface area contributed by atoms with Gasteiger partial charge in [-0.25, -0.2) is 0 Å². The van der Waals surface area contributed by atoms with E-state index in [4.69, 9.17) is 5.73 Å². The van der Waals surface area contributed by atoms with Crippen LogP contribution in [0.15, 0.2) is 59.0 Å². The first-order valence-corrected chi connectivity index (χ1v) is 8.11. The minimum absolute atomic E-state index is 0.268. The number of hydrogen-bond donors (Lipinski definition) is 1. The van der Waals surface area contributed by atoms with Crippen LogP contribution in [0.5, 0.6) is 0 Å². The summed E-state index contributed by atoms with van der Waals surface area (Å²) in [7, 11) is 2.73. The molecule has 0 aromatic carbocycles. The minimum Gasteiger partial charge on any atom is -0.369 e. The van der Waals surface area contributed by atoms with Crippen molar-refractivity contribution in [2.45, 2.75) is 39.5 Å². The number of nitrogens with two attached hydrogens (primary N) is 1. The first-order chi connectivity index (χ1) is 10.1. The zero-order valence-electron chi connectivity index (χ0n) is 13.0. The normalized spacial score (nSPS) is 18.0. The topological polar surface area (TPSA) is 43.1 Å². The third-order valence-corrected chi connectivity index (χ3v) is 4.03. The number of rotatable bonds is 7. The Hall–Kier alpha value is -1.40. The lowest BCUT2D eigenvalue weighted by Gasteiger charge is -2.19. The second kappa shape index (κ2) is 9.52. The molecule has 2 nitrogen and oxygen atoms in total. The molecule has 1 unspecified atom stereocenters. The van der Waals surface area contributed by atoms with Crippen LogP contribution in [0, 0.1) is 5.92 Å². The molecule has 0 aliphatic heterocycles. The molecular formula is C18H26NOP. The van der Waals surface area contributed by atoms with Gasteiger partial charge in [-0.3, -0.25) is 4.79 Å². The van der Waals surface area contributed by atoms with Crippen LogP contribution in [0.1, 0.15) is 39.5 Å². The molecule has 1 aliphatic rings. The predicted molar refractivity (Wildman–Crippen MR) is 94.7 cm³/mol. The molecule has 0 radical (unpaired) electrons. The Kier molecular flexibility index (Phi) is 8.00. The van der Waals surface area contributed by atoms with E-state index in [2.05, 4.69) is 40.5 Å². The Bertz CT molecular complexity index is 509. The van der Waals surface area contributed by atoms with Gasteiger partial charge in [0.05, 0.1) is 5.92 Å². The van der Waals surface area contributed by atoms with Gasteiger partial charge in [-0.15, -0.1) is 9.24 Å². The van der Waals surface area contributed by atoms with Crippen molar-refractivity contribution < 1.29 is 4.79 Å². The number of carbonyl (C=O) groups is 1. The van der Waals surface area contributed by atoms with Crippen molar-refractivity contribution in [3.05, 3.63) is 59.0 Å². The fraction of sp³-hybridized carbons (Fsp3) is 0.389. The van der Waals surface area contributed by atoms with Crippen LogP contribution in [0.4, 0.5) is 0 Å². The van der Waals surface area contributed by atoms with Crippen LogP contribution in [-0.4, -0.2) is 5.91 Å². The van der Waals surface area contributed by atoms with E-state index in [1.807, 2.05) is 25.2 Å². The number of allylic oxidation sites excluding steroid dienone is 9. The highest BCUT2D eigenvalue weighted by atomic mass is 31.0. The maximum absolute atomic E-state index is 12.0. The molecular weight excluding hydrogens is 277 g/mol. The van der Waals surface area contributed by atoms with Gasteiger partial charge in [-0.05, 0) is 43.5 Å². The molecule has 0 fully saturated rings. The first kappa shape index (κ1) is 17.7. The van der Waals surface area contributed by atoms with E-state index in [0.29, 0.717) is 6.42 Å². The van der Waals surface area contributed by atoms with E-state index in [-0.39, 0.29) is 11.8 Å². The minimum atomic E-state index is -0.287. The average molecular weight is 303 g/mol. The molecule has 21 heavy (non-hydrogen) atoms. The lowest BCUT2D eigenvalue weighted by Crippen LogP contribution is -2.25. The van der Waals surface area contributed by atoms with E-state index in [0.717, 1.165) is 30.1 Å². The number of hydrogen-bond acceptors (Lipinski definition) is 1. The Morgan fingerprint density at radius 1 is 1.48 bits per heavy atom. The summed E-state index contributed by atoms with van der Waals surface area (Å²) in [5.41, 5.74) is 7.86. The summed E-state index contributed by atoms with van der Waals surface area (Å²) in [4.78, 5) is 12.0. The summed E-state index contributed by atoms with van der Waals surface area (Å²) >= 11 is 0. The highest BCUT2D eigenvalue weighted by Crippen LogP contribution is 2.31. The molecule has 0 aromatic heterocycles. The van der Waals surface area contributed by atoms with Gasteiger partial charge in [-0.1, -0.05) is 55.0 Å². The van der Waals surface area contributed by atoms with E-state index in [9.17, 15) is 4.79 Å². The van der Waals surface area contributed by atoms with Gasteiger partial charge < -0.3 is 5.73 Å². The van der Waals surface area contributed by atoms with E-state index >= 15 is 0 Å². The van der Waals surface area contributed by atoms with Crippen LogP contribution < -0.4 is 5.73 Å². The standard InChI is InChI=1S/C18H26NOP/c1-3-5-12-15(17(21)9-4-2)16(18(19)20)13-14-10-7-6-8-11-14/h3,5,7,9-12,16H,4,6,8,13,21H2,1-2H3,(H2,19,20)/b5-3-,15-12-,17-9+/t16-/m0/s1. The van der Waals surface area contributed by atoms with Crippen molar-refractivity contribution in [1.29, 1.82) is 0 Å². The Morgan fingerprint density at radius 3 is 2.76 bits per heavy atom. The Labute approximate surface area is 130 Å². The summed E-state index contributed by atoms with van der Waals surface area (Å²) in [6.45, 7) is 4.05. The summed E-state index contributed by atoms with van der Waals surface area (Å²) in [6.07, 6.45) is 18.2. The molecule has 114 valence electrons. The maximum atomic E-state index is 12.0. The molecule has 1 amide bonds. The summed E-state index contributed by atoms with van der Waals surface area (Å²) in [5, 5.41) is 1.06. The largest absolute Gasteiger partial charge is 0.369 e. The van der Waals surface area contributed by atoms with Gasteiger partial charge in [0.2, 0.25) is 5.91 Å². The van der Waals surface area contributed by atoms with Crippen molar-refractivity contribution in [3.8, 4) is 0 Å². The monoisotopic (exact) mass is 303 g/mol. The Balaban J connectivity index is 3.08. The first-order valence-electron chi connectivity index (χ1n) is 7.53. The third-order valence-electron chi connectivity index (χ3n) is 3.46. The van der Waals surface area contributed by atoms with Gasteiger partial charge in [0.15, 0.2) is 0 Å². The van der Waals surface area contributed by atoms with Gasteiger partial charge in [0.1, 0.15) is 0 Å². The van der Waals surface area contributed by atoms with Crippen LogP contribution >= 0.6 is 9.24 Å². The van der Waals surface area contributed by atoms with Crippen molar-refractivity contribution in [1.82, 2.24) is 0 Å². The van der Waals surface area contributed by atoms with Crippen LogP contribution in [0.25, 0.3) is 0 Å². The molecule has 1 aliphatic carbocycles. The predicted octanol–water partition coefficient (Wildman–Crippen LogP) is 4.43. The fourth-order valence-electron chi connectivity index (χ4n) is 2.37. The van der Waals surface area contributed by atoms with E-state index in [1.165, 1.54) is 5.57 Å². The van der Waals surface area contributed by atoms with Gasteiger partial charge in [0, 0.05) is 0 Å². The van der Waals surface area contributed by atoms with Gasteiger partial charge in [0.25, 0.3) is 0 Å². The molecule has 2 atom stereocenters. The molecule has 2 N–H and O–H groups in total. The Morgan fingerprint density at radius 2 is 2.24 bits per heavy atom. The summed E-state index contributed by atoms with van der Waals surface area (Å²) in [5.74, 6) is -0.555. The summed E-state index contributed by atoms with van der Waals surface area (Å²) < 4.78 is 0. The average Bonchev–Trinajstić information content (AvgIpc) is 2.47. The number of amides is 1. The van der Waals surface area contributed by atoms with Crippen molar-refractivity contribution in [3.63, 3.8) is 0 Å². The van der Waals surface area contributed by atoms with E-state index in [1.54, 1.807) is 0 Å². The smallest absolute Gasteiger partial charge is 0.225 e. The number of primary amides is 1.